The summed E-state index contributed by atoms with van der Waals surface area (Å²) in [5, 5.41) is 3.45. The van der Waals surface area contributed by atoms with Crippen molar-refractivity contribution in [2.75, 3.05) is 21.1 Å². The molecule has 1 aliphatic heterocycles. The first kappa shape index (κ1) is 13.8. The number of fused-ring (bicyclic) bond motifs is 2. The molecule has 0 aromatic carbocycles. The largest absolute Gasteiger partial charge is 0.374 e. The molecule has 2 aliphatic carbocycles. The van der Waals surface area contributed by atoms with E-state index in [1.165, 1.54) is 44.9 Å². The maximum absolute atomic E-state index is 6.54. The lowest BCUT2D eigenvalue weighted by Crippen LogP contribution is -2.51. The fourth-order valence-corrected chi connectivity index (χ4v) is 4.58. The highest BCUT2D eigenvalue weighted by molar-refractivity contribution is 4.94. The average Bonchev–Trinajstić information content (AvgIpc) is 2.43. The summed E-state index contributed by atoms with van der Waals surface area (Å²) in [6, 6.07) is 1.42. The second-order valence-corrected chi connectivity index (χ2v) is 7.20. The summed E-state index contributed by atoms with van der Waals surface area (Å²) < 4.78 is 6.54. The Morgan fingerprint density at radius 2 is 1.58 bits per heavy atom. The zero-order chi connectivity index (χ0) is 13.4. The van der Waals surface area contributed by atoms with Gasteiger partial charge in [-0.05, 0) is 77.9 Å². The van der Waals surface area contributed by atoms with Crippen LogP contribution in [0.2, 0.25) is 0 Å². The van der Waals surface area contributed by atoms with Crippen LogP contribution in [0.15, 0.2) is 0 Å². The van der Waals surface area contributed by atoms with Crippen LogP contribution in [0, 0.1) is 11.8 Å². The van der Waals surface area contributed by atoms with Crippen molar-refractivity contribution in [3.8, 4) is 0 Å². The third-order valence-corrected chi connectivity index (χ3v) is 5.92. The van der Waals surface area contributed by atoms with Gasteiger partial charge in [0, 0.05) is 12.1 Å². The van der Waals surface area contributed by atoms with Gasteiger partial charge in [-0.3, -0.25) is 0 Å². The molecule has 1 N–H and O–H groups in total. The summed E-state index contributed by atoms with van der Waals surface area (Å²) in [6.45, 7) is 0. The molecule has 19 heavy (non-hydrogen) atoms. The summed E-state index contributed by atoms with van der Waals surface area (Å²) in [5.74, 6) is 1.70. The SMILES string of the molecule is CNC1CCC2CC3CCC(N(C)C)CC3OC2C1. The molecule has 3 rings (SSSR count). The highest BCUT2D eigenvalue weighted by Gasteiger charge is 2.43. The summed E-state index contributed by atoms with van der Waals surface area (Å²) in [7, 11) is 6.53. The van der Waals surface area contributed by atoms with Gasteiger partial charge in [0.15, 0.2) is 0 Å². The van der Waals surface area contributed by atoms with Gasteiger partial charge in [-0.2, -0.15) is 0 Å². The van der Waals surface area contributed by atoms with Crippen LogP contribution in [0.1, 0.15) is 44.9 Å². The highest BCUT2D eigenvalue weighted by Crippen LogP contribution is 2.44. The fourth-order valence-electron chi connectivity index (χ4n) is 4.58. The van der Waals surface area contributed by atoms with Crippen molar-refractivity contribution in [2.45, 2.75) is 69.2 Å². The third kappa shape index (κ3) is 2.84. The van der Waals surface area contributed by atoms with E-state index in [-0.39, 0.29) is 0 Å². The molecule has 3 fully saturated rings. The van der Waals surface area contributed by atoms with Gasteiger partial charge < -0.3 is 15.0 Å². The molecule has 1 heterocycles. The number of rotatable bonds is 2. The molecule has 0 amide bonds. The van der Waals surface area contributed by atoms with Gasteiger partial charge in [0.1, 0.15) is 0 Å². The molecule has 0 spiro atoms. The molecule has 0 aromatic heterocycles. The predicted octanol–water partition coefficient (Wildman–Crippen LogP) is 2.26. The minimum absolute atomic E-state index is 0.536. The first-order valence-electron chi connectivity index (χ1n) is 8.16. The molecule has 0 aromatic rings. The van der Waals surface area contributed by atoms with Gasteiger partial charge >= 0.3 is 0 Å². The minimum Gasteiger partial charge on any atom is -0.374 e. The van der Waals surface area contributed by atoms with Crippen molar-refractivity contribution < 1.29 is 4.74 Å². The Labute approximate surface area is 118 Å². The Bertz CT molecular complexity index is 307. The first-order valence-corrected chi connectivity index (χ1v) is 8.16. The van der Waals surface area contributed by atoms with E-state index in [0.29, 0.717) is 18.2 Å². The van der Waals surface area contributed by atoms with Crippen LogP contribution in [-0.4, -0.2) is 50.3 Å². The van der Waals surface area contributed by atoms with Gasteiger partial charge in [0.2, 0.25) is 0 Å². The number of ether oxygens (including phenoxy) is 1. The lowest BCUT2D eigenvalue weighted by Gasteiger charge is -2.49. The Kier molecular flexibility index (Phi) is 4.16. The summed E-state index contributed by atoms with van der Waals surface area (Å²) in [6.07, 6.45) is 10.5. The van der Waals surface area contributed by atoms with Crippen LogP contribution in [0.25, 0.3) is 0 Å². The predicted molar refractivity (Wildman–Crippen MR) is 78.3 cm³/mol. The van der Waals surface area contributed by atoms with Crippen LogP contribution in [-0.2, 0) is 4.74 Å². The Morgan fingerprint density at radius 1 is 0.895 bits per heavy atom. The van der Waals surface area contributed by atoms with Crippen LogP contribution in [0.5, 0.6) is 0 Å². The number of nitrogens with zero attached hydrogens (tertiary/aromatic N) is 1. The molecular formula is C16H30N2O. The zero-order valence-electron chi connectivity index (χ0n) is 12.8. The zero-order valence-corrected chi connectivity index (χ0v) is 12.8. The number of hydrogen-bond donors (Lipinski definition) is 1. The van der Waals surface area contributed by atoms with E-state index in [4.69, 9.17) is 4.74 Å². The number of hydrogen-bond acceptors (Lipinski definition) is 3. The van der Waals surface area contributed by atoms with Crippen LogP contribution < -0.4 is 5.32 Å². The molecule has 110 valence electrons. The molecule has 3 heteroatoms. The van der Waals surface area contributed by atoms with Crippen LogP contribution in [0.3, 0.4) is 0 Å². The van der Waals surface area contributed by atoms with Crippen molar-refractivity contribution in [1.29, 1.82) is 0 Å². The van der Waals surface area contributed by atoms with E-state index in [0.717, 1.165) is 17.9 Å². The van der Waals surface area contributed by atoms with Crippen LogP contribution in [0.4, 0.5) is 0 Å². The van der Waals surface area contributed by atoms with E-state index in [9.17, 15) is 0 Å². The maximum Gasteiger partial charge on any atom is 0.0622 e. The second kappa shape index (κ2) is 5.71. The van der Waals surface area contributed by atoms with Gasteiger partial charge in [-0.15, -0.1) is 0 Å². The average molecular weight is 266 g/mol. The first-order chi connectivity index (χ1) is 9.17. The smallest absolute Gasteiger partial charge is 0.0622 e. The van der Waals surface area contributed by atoms with E-state index in [1.807, 2.05) is 0 Å². The summed E-state index contributed by atoms with van der Waals surface area (Å²) >= 11 is 0. The Balaban J connectivity index is 1.62. The molecular weight excluding hydrogens is 236 g/mol. The highest BCUT2D eigenvalue weighted by atomic mass is 16.5. The lowest BCUT2D eigenvalue weighted by atomic mass is 9.70. The van der Waals surface area contributed by atoms with Crippen molar-refractivity contribution in [1.82, 2.24) is 10.2 Å². The number of nitrogens with one attached hydrogen (secondary N) is 1. The van der Waals surface area contributed by atoms with Gasteiger partial charge in [0.25, 0.3) is 0 Å². The molecule has 0 bridgehead atoms. The normalized spacial score (nSPS) is 46.7. The fraction of sp³-hybridized carbons (Fsp3) is 1.00. The summed E-state index contributed by atoms with van der Waals surface area (Å²) in [5.41, 5.74) is 0. The monoisotopic (exact) mass is 266 g/mol. The van der Waals surface area contributed by atoms with E-state index >= 15 is 0 Å². The molecule has 1 saturated heterocycles. The molecule has 3 nitrogen and oxygen atoms in total. The lowest BCUT2D eigenvalue weighted by molar-refractivity contribution is -0.152. The van der Waals surface area contributed by atoms with Crippen molar-refractivity contribution in [3.63, 3.8) is 0 Å². The minimum atomic E-state index is 0.536. The molecule has 0 radical (unpaired) electrons. The molecule has 2 saturated carbocycles. The van der Waals surface area contributed by atoms with E-state index in [1.54, 1.807) is 0 Å². The third-order valence-electron chi connectivity index (χ3n) is 5.92. The van der Waals surface area contributed by atoms with Crippen molar-refractivity contribution in [3.05, 3.63) is 0 Å². The topological polar surface area (TPSA) is 24.5 Å². The molecule has 3 aliphatic rings. The van der Waals surface area contributed by atoms with Crippen molar-refractivity contribution in [2.24, 2.45) is 11.8 Å². The quantitative estimate of drug-likeness (QED) is 0.830. The summed E-state index contributed by atoms with van der Waals surface area (Å²) in [4.78, 5) is 2.39. The molecule has 6 unspecified atom stereocenters. The van der Waals surface area contributed by atoms with E-state index in [2.05, 4.69) is 31.4 Å². The standard InChI is InChI=1S/C16H30N2O/c1-17-13-6-4-11-8-12-5-7-14(18(2)3)10-16(12)19-15(11)9-13/h11-17H,4-10H2,1-3H3. The van der Waals surface area contributed by atoms with E-state index < -0.39 is 0 Å². The maximum atomic E-state index is 6.54. The molecule has 6 atom stereocenters. The van der Waals surface area contributed by atoms with Gasteiger partial charge in [0.05, 0.1) is 12.2 Å². The van der Waals surface area contributed by atoms with Gasteiger partial charge in [-0.1, -0.05) is 0 Å². The Hall–Kier alpha value is -0.120. The second-order valence-electron chi connectivity index (χ2n) is 7.20. The Morgan fingerprint density at radius 3 is 2.26 bits per heavy atom. The van der Waals surface area contributed by atoms with Gasteiger partial charge in [-0.25, -0.2) is 0 Å². The van der Waals surface area contributed by atoms with Crippen molar-refractivity contribution >= 4 is 0 Å². The van der Waals surface area contributed by atoms with Crippen LogP contribution >= 0.6 is 0 Å².